The van der Waals surface area contributed by atoms with Crippen molar-refractivity contribution in [3.63, 3.8) is 0 Å². The van der Waals surface area contributed by atoms with E-state index in [0.29, 0.717) is 11.3 Å². The molecule has 2 amide bonds. The molecule has 5 nitrogen and oxygen atoms in total. The molecule has 0 heterocycles. The van der Waals surface area contributed by atoms with E-state index < -0.39 is 6.04 Å². The van der Waals surface area contributed by atoms with Gasteiger partial charge in [-0.3, -0.25) is 9.59 Å². The molecule has 1 atom stereocenters. The number of hydrogen-bond donors (Lipinski definition) is 2. The van der Waals surface area contributed by atoms with Crippen LogP contribution in [0.25, 0.3) is 10.8 Å². The lowest BCUT2D eigenvalue weighted by atomic mass is 10.00. The van der Waals surface area contributed by atoms with Crippen LogP contribution in [0.4, 0.5) is 5.69 Å². The Bertz CT molecular complexity index is 1080. The topological polar surface area (TPSA) is 82.0 Å². The van der Waals surface area contributed by atoms with Crippen LogP contribution in [0, 0.1) is 17.2 Å². The predicted octanol–water partition coefficient (Wildman–Crippen LogP) is 4.03. The average molecular weight is 385 g/mol. The summed E-state index contributed by atoms with van der Waals surface area (Å²) in [5.74, 6) is -0.604. The van der Waals surface area contributed by atoms with Gasteiger partial charge in [0.05, 0.1) is 18.1 Å². The van der Waals surface area contributed by atoms with Gasteiger partial charge < -0.3 is 10.6 Å². The largest absolute Gasteiger partial charge is 0.344 e. The molecule has 0 radical (unpaired) electrons. The third-order valence-corrected chi connectivity index (χ3v) is 4.76. The zero-order valence-electron chi connectivity index (χ0n) is 16.5. The Morgan fingerprint density at radius 2 is 1.72 bits per heavy atom. The minimum atomic E-state index is -0.678. The molecular formula is C24H23N3O2. The van der Waals surface area contributed by atoms with Crippen molar-refractivity contribution >= 4 is 28.3 Å². The van der Waals surface area contributed by atoms with Crippen LogP contribution < -0.4 is 10.6 Å². The second kappa shape index (κ2) is 9.03. The Morgan fingerprint density at radius 3 is 2.48 bits per heavy atom. The molecule has 3 aromatic carbocycles. The number of amides is 2. The molecule has 0 spiro atoms. The molecule has 0 aromatic heterocycles. The van der Waals surface area contributed by atoms with E-state index in [9.17, 15) is 9.59 Å². The molecule has 3 rings (SSSR count). The van der Waals surface area contributed by atoms with Crippen molar-refractivity contribution in [3.8, 4) is 6.07 Å². The molecule has 0 fully saturated rings. The van der Waals surface area contributed by atoms with Crippen molar-refractivity contribution in [3.05, 3.63) is 77.9 Å². The van der Waals surface area contributed by atoms with Gasteiger partial charge >= 0.3 is 0 Å². The Kier molecular flexibility index (Phi) is 6.25. The lowest BCUT2D eigenvalue weighted by Gasteiger charge is -2.22. The maximum atomic E-state index is 12.7. The molecule has 5 heteroatoms. The monoisotopic (exact) mass is 385 g/mol. The van der Waals surface area contributed by atoms with Gasteiger partial charge in [0.15, 0.2) is 0 Å². The number of nitrogens with zero attached hydrogens (tertiary/aromatic N) is 1. The maximum Gasteiger partial charge on any atom is 0.247 e. The summed E-state index contributed by atoms with van der Waals surface area (Å²) in [5, 5.41) is 16.8. The summed E-state index contributed by atoms with van der Waals surface area (Å²) in [5.41, 5.74) is 1.91. The third kappa shape index (κ3) is 4.99. The number of nitrogens with one attached hydrogen (secondary N) is 2. The smallest absolute Gasteiger partial charge is 0.247 e. The number of fused-ring (bicyclic) bond motifs is 1. The summed E-state index contributed by atoms with van der Waals surface area (Å²) in [6, 6.07) is 21.8. The van der Waals surface area contributed by atoms with Crippen molar-refractivity contribution in [1.82, 2.24) is 5.32 Å². The number of carbonyl (C=O) groups excluding carboxylic acids is 2. The Morgan fingerprint density at radius 1 is 1.00 bits per heavy atom. The van der Waals surface area contributed by atoms with Gasteiger partial charge in [0.2, 0.25) is 11.8 Å². The highest BCUT2D eigenvalue weighted by Gasteiger charge is 2.24. The molecule has 146 valence electrons. The van der Waals surface area contributed by atoms with Gasteiger partial charge in [-0.05, 0) is 40.5 Å². The summed E-state index contributed by atoms with van der Waals surface area (Å²) >= 11 is 0. The molecular weight excluding hydrogens is 362 g/mol. The number of carbonyl (C=O) groups is 2. The van der Waals surface area contributed by atoms with E-state index in [1.807, 2.05) is 62.4 Å². The second-order valence-electron chi connectivity index (χ2n) is 7.29. The van der Waals surface area contributed by atoms with E-state index in [0.717, 1.165) is 16.3 Å². The Labute approximate surface area is 170 Å². The molecule has 0 aliphatic rings. The summed E-state index contributed by atoms with van der Waals surface area (Å²) in [7, 11) is 0. The normalized spacial score (nSPS) is 11.7. The van der Waals surface area contributed by atoms with Crippen molar-refractivity contribution in [1.29, 1.82) is 5.26 Å². The second-order valence-corrected chi connectivity index (χ2v) is 7.29. The first-order valence-electron chi connectivity index (χ1n) is 9.55. The van der Waals surface area contributed by atoms with Gasteiger partial charge in [-0.15, -0.1) is 0 Å². The molecule has 0 aliphatic heterocycles. The zero-order chi connectivity index (χ0) is 20.8. The standard InChI is InChI=1S/C24H23N3O2/c1-16(2)23(24(29)26-20-11-5-7-17(13-20)15-25)27-22(28)14-19-10-6-9-18-8-3-4-12-21(18)19/h3-13,16,23H,14H2,1-2H3,(H,26,29)(H,27,28)/t23-/m0/s1. The van der Waals surface area contributed by atoms with Crippen molar-refractivity contribution in [2.24, 2.45) is 5.92 Å². The van der Waals surface area contributed by atoms with Gasteiger partial charge in [-0.25, -0.2) is 0 Å². The Balaban J connectivity index is 1.71. The first-order valence-corrected chi connectivity index (χ1v) is 9.55. The van der Waals surface area contributed by atoms with Crippen molar-refractivity contribution < 1.29 is 9.59 Å². The SMILES string of the molecule is CC(C)[C@H](NC(=O)Cc1cccc2ccccc12)C(=O)Nc1cccc(C#N)c1. The first kappa shape index (κ1) is 20.1. The highest BCUT2D eigenvalue weighted by Crippen LogP contribution is 2.19. The molecule has 29 heavy (non-hydrogen) atoms. The van der Waals surface area contributed by atoms with Crippen molar-refractivity contribution in [2.75, 3.05) is 5.32 Å². The van der Waals surface area contributed by atoms with Crippen LogP contribution in [-0.2, 0) is 16.0 Å². The summed E-state index contributed by atoms with van der Waals surface area (Å²) in [4.78, 5) is 25.4. The van der Waals surface area contributed by atoms with Gasteiger partial charge in [0.25, 0.3) is 0 Å². The Hall–Kier alpha value is -3.65. The zero-order valence-corrected chi connectivity index (χ0v) is 16.5. The van der Waals surface area contributed by atoms with Gasteiger partial charge in [-0.1, -0.05) is 62.4 Å². The van der Waals surface area contributed by atoms with Crippen LogP contribution in [0.5, 0.6) is 0 Å². The first-order chi connectivity index (χ1) is 14.0. The molecule has 2 N–H and O–H groups in total. The third-order valence-electron chi connectivity index (χ3n) is 4.76. The van der Waals surface area contributed by atoms with Gasteiger partial charge in [0, 0.05) is 5.69 Å². The number of rotatable bonds is 6. The lowest BCUT2D eigenvalue weighted by molar-refractivity contribution is -0.127. The van der Waals surface area contributed by atoms with Crippen LogP contribution in [0.15, 0.2) is 66.7 Å². The number of anilines is 1. The number of hydrogen-bond acceptors (Lipinski definition) is 3. The minimum Gasteiger partial charge on any atom is -0.344 e. The fourth-order valence-corrected chi connectivity index (χ4v) is 3.27. The van der Waals surface area contributed by atoms with Crippen LogP contribution in [0.2, 0.25) is 0 Å². The lowest BCUT2D eigenvalue weighted by Crippen LogP contribution is -2.47. The van der Waals surface area contributed by atoms with E-state index in [2.05, 4.69) is 10.6 Å². The fraction of sp³-hybridized carbons (Fsp3) is 0.208. The fourth-order valence-electron chi connectivity index (χ4n) is 3.27. The highest BCUT2D eigenvalue weighted by atomic mass is 16.2. The molecule has 0 saturated carbocycles. The summed E-state index contributed by atoms with van der Waals surface area (Å²) in [6.07, 6.45) is 0.196. The average Bonchev–Trinajstić information content (AvgIpc) is 2.72. The van der Waals surface area contributed by atoms with Crippen LogP contribution in [0.1, 0.15) is 25.0 Å². The number of benzene rings is 3. The predicted molar refractivity (Wildman–Crippen MR) is 114 cm³/mol. The summed E-state index contributed by atoms with van der Waals surface area (Å²) < 4.78 is 0. The molecule has 0 aliphatic carbocycles. The van der Waals surface area contributed by atoms with Gasteiger partial charge in [0.1, 0.15) is 6.04 Å². The van der Waals surface area contributed by atoms with Crippen molar-refractivity contribution in [2.45, 2.75) is 26.3 Å². The van der Waals surface area contributed by atoms with E-state index in [1.165, 1.54) is 0 Å². The van der Waals surface area contributed by atoms with Crippen LogP contribution in [-0.4, -0.2) is 17.9 Å². The molecule has 3 aromatic rings. The van der Waals surface area contributed by atoms with Gasteiger partial charge in [-0.2, -0.15) is 5.26 Å². The van der Waals surface area contributed by atoms with E-state index in [-0.39, 0.29) is 24.2 Å². The van der Waals surface area contributed by atoms with E-state index >= 15 is 0 Å². The highest BCUT2D eigenvalue weighted by molar-refractivity contribution is 5.98. The van der Waals surface area contributed by atoms with E-state index in [4.69, 9.17) is 5.26 Å². The van der Waals surface area contributed by atoms with Crippen LogP contribution in [0.3, 0.4) is 0 Å². The summed E-state index contributed by atoms with van der Waals surface area (Å²) in [6.45, 7) is 3.77. The molecule has 0 saturated heterocycles. The molecule has 0 unspecified atom stereocenters. The molecule has 0 bridgehead atoms. The maximum absolute atomic E-state index is 12.7. The van der Waals surface area contributed by atoms with E-state index in [1.54, 1.807) is 24.3 Å². The quantitative estimate of drug-likeness (QED) is 0.672. The number of nitriles is 1. The van der Waals surface area contributed by atoms with Crippen LogP contribution >= 0.6 is 0 Å². The minimum absolute atomic E-state index is 0.0920.